The minimum absolute atomic E-state index is 0.200. The molecule has 1 spiro atoms. The van der Waals surface area contributed by atoms with Gasteiger partial charge in [0.25, 0.3) is 16.1 Å². The maximum atomic E-state index is 12.9. The average molecular weight is 408 g/mol. The van der Waals surface area contributed by atoms with Crippen molar-refractivity contribution in [2.75, 3.05) is 39.4 Å². The first-order valence-electron chi connectivity index (χ1n) is 9.43. The number of nitrogens with zero attached hydrogens (tertiary/aromatic N) is 3. The van der Waals surface area contributed by atoms with Crippen LogP contribution < -0.4 is 5.32 Å². The number of amides is 3. The number of morpholine rings is 1. The number of carbonyl (C=O) groups is 2. The van der Waals surface area contributed by atoms with Gasteiger partial charge in [-0.3, -0.25) is 10.1 Å². The lowest BCUT2D eigenvalue weighted by Gasteiger charge is -2.43. The molecule has 3 fully saturated rings. The minimum Gasteiger partial charge on any atom is -0.379 e. The van der Waals surface area contributed by atoms with Crippen molar-refractivity contribution >= 4 is 22.1 Å². The number of carbonyl (C=O) groups excluding carboxylic acids is 2. The van der Waals surface area contributed by atoms with E-state index >= 15 is 0 Å². The van der Waals surface area contributed by atoms with Crippen molar-refractivity contribution in [2.45, 2.75) is 24.9 Å². The number of nitrogens with one attached hydrogen (secondary N) is 1. The Morgan fingerprint density at radius 1 is 0.964 bits per heavy atom. The quantitative estimate of drug-likeness (QED) is 0.715. The lowest BCUT2D eigenvalue weighted by molar-refractivity contribution is -0.128. The molecule has 3 aliphatic rings. The SMILES string of the molecule is O=C1NC(=O)C2(CCN(S(=O)(=O)N3CCOCC3)CC2)N1Cc1ccccc1. The molecule has 0 aromatic heterocycles. The summed E-state index contributed by atoms with van der Waals surface area (Å²) in [6.07, 6.45) is 0.557. The third-order valence-electron chi connectivity index (χ3n) is 5.76. The van der Waals surface area contributed by atoms with Crippen LogP contribution in [0.5, 0.6) is 0 Å². The zero-order valence-corrected chi connectivity index (χ0v) is 16.4. The van der Waals surface area contributed by atoms with Gasteiger partial charge in [-0.05, 0) is 18.4 Å². The number of piperidine rings is 1. The topological polar surface area (TPSA) is 99.3 Å². The molecule has 0 unspecified atom stereocenters. The van der Waals surface area contributed by atoms with Gasteiger partial charge in [-0.1, -0.05) is 30.3 Å². The van der Waals surface area contributed by atoms with Crippen molar-refractivity contribution in [1.82, 2.24) is 18.8 Å². The predicted molar refractivity (Wildman–Crippen MR) is 100 cm³/mol. The van der Waals surface area contributed by atoms with E-state index in [1.807, 2.05) is 30.3 Å². The molecule has 3 aliphatic heterocycles. The molecule has 3 saturated heterocycles. The van der Waals surface area contributed by atoms with Crippen LogP contribution in [-0.4, -0.2) is 78.8 Å². The molecule has 3 heterocycles. The van der Waals surface area contributed by atoms with E-state index in [1.54, 1.807) is 4.90 Å². The number of hydrogen-bond donors (Lipinski definition) is 1. The molecular formula is C18H24N4O5S. The summed E-state index contributed by atoms with van der Waals surface area (Å²) in [6, 6.07) is 9.05. The summed E-state index contributed by atoms with van der Waals surface area (Å²) in [5.41, 5.74) is -0.0701. The van der Waals surface area contributed by atoms with Crippen LogP contribution in [0.25, 0.3) is 0 Å². The molecule has 3 amide bonds. The average Bonchev–Trinajstić information content (AvgIpc) is 2.94. The summed E-state index contributed by atoms with van der Waals surface area (Å²) < 4.78 is 33.8. The first-order valence-corrected chi connectivity index (χ1v) is 10.8. The Hall–Kier alpha value is -2.01. The molecule has 4 rings (SSSR count). The molecule has 0 radical (unpaired) electrons. The Kier molecular flexibility index (Phi) is 5.13. The zero-order valence-electron chi connectivity index (χ0n) is 15.5. The maximum absolute atomic E-state index is 12.9. The minimum atomic E-state index is -3.59. The second-order valence-electron chi connectivity index (χ2n) is 7.28. The van der Waals surface area contributed by atoms with Crippen molar-refractivity contribution in [1.29, 1.82) is 0 Å². The first kappa shape index (κ1) is 19.3. The van der Waals surface area contributed by atoms with Crippen LogP contribution in [0.3, 0.4) is 0 Å². The normalized spacial score (nSPS) is 23.9. The van der Waals surface area contributed by atoms with Gasteiger partial charge >= 0.3 is 6.03 Å². The van der Waals surface area contributed by atoms with Gasteiger partial charge in [-0.2, -0.15) is 17.0 Å². The lowest BCUT2D eigenvalue weighted by atomic mass is 9.86. The van der Waals surface area contributed by atoms with Crippen LogP contribution in [0.15, 0.2) is 30.3 Å². The van der Waals surface area contributed by atoms with E-state index in [1.165, 1.54) is 8.61 Å². The van der Waals surface area contributed by atoms with Crippen molar-refractivity contribution in [3.05, 3.63) is 35.9 Å². The summed E-state index contributed by atoms with van der Waals surface area (Å²) in [5.74, 6) is -0.336. The van der Waals surface area contributed by atoms with Gasteiger partial charge in [0.05, 0.1) is 13.2 Å². The number of urea groups is 1. The zero-order chi connectivity index (χ0) is 19.8. The van der Waals surface area contributed by atoms with Crippen molar-refractivity contribution in [3.63, 3.8) is 0 Å². The summed E-state index contributed by atoms with van der Waals surface area (Å²) in [5, 5.41) is 2.42. The molecule has 1 N–H and O–H groups in total. The van der Waals surface area contributed by atoms with Crippen LogP contribution in [0.4, 0.5) is 4.79 Å². The fraction of sp³-hybridized carbons (Fsp3) is 0.556. The van der Waals surface area contributed by atoms with E-state index in [2.05, 4.69) is 5.32 Å². The van der Waals surface area contributed by atoms with Gasteiger partial charge in [0, 0.05) is 32.7 Å². The molecule has 10 heteroatoms. The Labute approximate surface area is 164 Å². The fourth-order valence-corrected chi connectivity index (χ4v) is 5.69. The van der Waals surface area contributed by atoms with Crippen LogP contribution in [-0.2, 0) is 26.3 Å². The second-order valence-corrected chi connectivity index (χ2v) is 9.21. The number of rotatable bonds is 4. The third-order valence-corrected chi connectivity index (χ3v) is 7.80. The highest BCUT2D eigenvalue weighted by atomic mass is 32.2. The van der Waals surface area contributed by atoms with Gasteiger partial charge in [-0.15, -0.1) is 0 Å². The van der Waals surface area contributed by atoms with E-state index in [9.17, 15) is 18.0 Å². The van der Waals surface area contributed by atoms with Gasteiger partial charge in [0.15, 0.2) is 0 Å². The molecular weight excluding hydrogens is 384 g/mol. The molecule has 1 aromatic rings. The summed E-state index contributed by atoms with van der Waals surface area (Å²) >= 11 is 0. The summed E-state index contributed by atoms with van der Waals surface area (Å²) in [4.78, 5) is 26.6. The number of benzene rings is 1. The maximum Gasteiger partial charge on any atom is 0.325 e. The van der Waals surface area contributed by atoms with Crippen LogP contribution >= 0.6 is 0 Å². The highest BCUT2D eigenvalue weighted by molar-refractivity contribution is 7.86. The van der Waals surface area contributed by atoms with Crippen LogP contribution in [0.1, 0.15) is 18.4 Å². The highest BCUT2D eigenvalue weighted by Crippen LogP contribution is 2.35. The molecule has 0 atom stereocenters. The molecule has 0 aliphatic carbocycles. The highest BCUT2D eigenvalue weighted by Gasteiger charge is 2.55. The van der Waals surface area contributed by atoms with Gasteiger partial charge < -0.3 is 9.64 Å². The van der Waals surface area contributed by atoms with Crippen LogP contribution in [0, 0.1) is 0 Å². The molecule has 9 nitrogen and oxygen atoms in total. The number of hydrogen-bond acceptors (Lipinski definition) is 5. The Morgan fingerprint density at radius 3 is 2.21 bits per heavy atom. The molecule has 0 bridgehead atoms. The number of imide groups is 1. The molecule has 152 valence electrons. The Bertz CT molecular complexity index is 846. The van der Waals surface area contributed by atoms with E-state index in [4.69, 9.17) is 4.74 Å². The number of ether oxygens (including phenoxy) is 1. The van der Waals surface area contributed by atoms with Gasteiger partial charge in [0.1, 0.15) is 5.54 Å². The summed E-state index contributed by atoms with van der Waals surface area (Å²) in [7, 11) is -3.59. The fourth-order valence-electron chi connectivity index (χ4n) is 4.11. The van der Waals surface area contributed by atoms with E-state index in [0.29, 0.717) is 32.8 Å². The van der Waals surface area contributed by atoms with Gasteiger partial charge in [0.2, 0.25) is 0 Å². The monoisotopic (exact) mass is 408 g/mol. The molecule has 1 aromatic carbocycles. The Balaban J connectivity index is 1.50. The predicted octanol–water partition coefficient (Wildman–Crippen LogP) is 0.150. The molecule has 28 heavy (non-hydrogen) atoms. The second kappa shape index (κ2) is 7.43. The standard InChI is InChI=1S/C18H24N4O5S/c23-16-18(22(17(24)19-16)14-15-4-2-1-3-5-15)6-8-20(9-7-18)28(25,26)21-10-12-27-13-11-21/h1-5H,6-14H2,(H,19,23,24). The summed E-state index contributed by atoms with van der Waals surface area (Å²) in [6.45, 7) is 2.16. The van der Waals surface area contributed by atoms with E-state index in [-0.39, 0.29) is 31.8 Å². The smallest absolute Gasteiger partial charge is 0.325 e. The van der Waals surface area contributed by atoms with Gasteiger partial charge in [-0.25, -0.2) is 4.79 Å². The van der Waals surface area contributed by atoms with E-state index < -0.39 is 21.8 Å². The Morgan fingerprint density at radius 2 is 1.57 bits per heavy atom. The largest absolute Gasteiger partial charge is 0.379 e. The lowest BCUT2D eigenvalue weighted by Crippen LogP contribution is -2.59. The van der Waals surface area contributed by atoms with Crippen molar-refractivity contribution in [3.8, 4) is 0 Å². The van der Waals surface area contributed by atoms with Crippen molar-refractivity contribution in [2.24, 2.45) is 0 Å². The third kappa shape index (κ3) is 3.30. The first-order chi connectivity index (χ1) is 13.4. The molecule has 0 saturated carbocycles. The van der Waals surface area contributed by atoms with Crippen molar-refractivity contribution < 1.29 is 22.7 Å². The van der Waals surface area contributed by atoms with Crippen LogP contribution in [0.2, 0.25) is 0 Å². The van der Waals surface area contributed by atoms with E-state index in [0.717, 1.165) is 5.56 Å².